The maximum atomic E-state index is 5.09. The van der Waals surface area contributed by atoms with Crippen molar-refractivity contribution in [3.8, 4) is 11.4 Å². The van der Waals surface area contributed by atoms with Crippen LogP contribution < -0.4 is 0 Å². The highest BCUT2D eigenvalue weighted by molar-refractivity contribution is 6.06. The van der Waals surface area contributed by atoms with Gasteiger partial charge in [0.05, 0.1) is 5.71 Å². The molecule has 0 fully saturated rings. The molecule has 4 nitrogen and oxygen atoms in total. The van der Waals surface area contributed by atoms with Crippen LogP contribution in [0.25, 0.3) is 11.4 Å². The SMILES string of the molecule is Cc1ccc2c(c1)CC1CON=C21.Cc1ccc2c(c1)Cn1ccnc1-2. The second kappa shape index (κ2) is 5.84. The van der Waals surface area contributed by atoms with Crippen molar-refractivity contribution in [3.63, 3.8) is 0 Å². The van der Waals surface area contributed by atoms with Gasteiger partial charge in [0.2, 0.25) is 0 Å². The summed E-state index contributed by atoms with van der Waals surface area (Å²) in [5, 5.41) is 4.09. The second-order valence-corrected chi connectivity index (χ2v) is 7.37. The number of nitrogens with zero attached hydrogens (tertiary/aromatic N) is 3. The zero-order chi connectivity index (χ0) is 17.7. The molecule has 130 valence electrons. The van der Waals surface area contributed by atoms with Crippen LogP contribution in [0.1, 0.15) is 27.8 Å². The first-order chi connectivity index (χ1) is 12.7. The third-order valence-electron chi connectivity index (χ3n) is 5.39. The first-order valence-electron chi connectivity index (χ1n) is 9.10. The molecule has 1 unspecified atom stereocenters. The molecular formula is C22H21N3O. The predicted molar refractivity (Wildman–Crippen MR) is 102 cm³/mol. The molecule has 0 saturated carbocycles. The summed E-state index contributed by atoms with van der Waals surface area (Å²) in [6, 6.07) is 13.1. The van der Waals surface area contributed by atoms with E-state index < -0.39 is 0 Å². The summed E-state index contributed by atoms with van der Waals surface area (Å²) in [5.41, 5.74) is 9.23. The second-order valence-electron chi connectivity index (χ2n) is 7.37. The van der Waals surface area contributed by atoms with Gasteiger partial charge >= 0.3 is 0 Å². The van der Waals surface area contributed by atoms with Gasteiger partial charge < -0.3 is 9.40 Å². The summed E-state index contributed by atoms with van der Waals surface area (Å²) in [6.07, 6.45) is 5.00. The molecule has 0 saturated heterocycles. The van der Waals surface area contributed by atoms with Crippen molar-refractivity contribution in [2.24, 2.45) is 11.1 Å². The Morgan fingerprint density at radius 1 is 1.00 bits per heavy atom. The van der Waals surface area contributed by atoms with Gasteiger partial charge in [-0.2, -0.15) is 0 Å². The van der Waals surface area contributed by atoms with Gasteiger partial charge in [0.25, 0.3) is 0 Å². The summed E-state index contributed by atoms with van der Waals surface area (Å²) in [5.74, 6) is 1.63. The van der Waals surface area contributed by atoms with Crippen molar-refractivity contribution in [1.29, 1.82) is 0 Å². The number of hydrogen-bond acceptors (Lipinski definition) is 3. The van der Waals surface area contributed by atoms with Gasteiger partial charge in [-0.1, -0.05) is 52.7 Å². The lowest BCUT2D eigenvalue weighted by atomic mass is 10.1. The van der Waals surface area contributed by atoms with E-state index in [0.29, 0.717) is 5.92 Å². The highest BCUT2D eigenvalue weighted by atomic mass is 16.6. The average molecular weight is 343 g/mol. The molecule has 6 rings (SSSR count). The highest BCUT2D eigenvalue weighted by Gasteiger charge is 2.33. The molecule has 0 spiro atoms. The molecule has 0 amide bonds. The van der Waals surface area contributed by atoms with Crippen LogP contribution in [-0.2, 0) is 17.8 Å². The van der Waals surface area contributed by atoms with Gasteiger partial charge in [0.1, 0.15) is 12.4 Å². The monoisotopic (exact) mass is 343 g/mol. The smallest absolute Gasteiger partial charge is 0.140 e. The molecule has 2 aliphatic heterocycles. The van der Waals surface area contributed by atoms with Crippen LogP contribution in [0.15, 0.2) is 53.9 Å². The van der Waals surface area contributed by atoms with Gasteiger partial charge in [-0.3, -0.25) is 0 Å². The number of benzene rings is 2. The minimum absolute atomic E-state index is 0.525. The fraction of sp³-hybridized carbons (Fsp3) is 0.273. The minimum Gasteiger partial charge on any atom is -0.395 e. The Morgan fingerprint density at radius 3 is 2.62 bits per heavy atom. The normalized spacial score (nSPS) is 18.1. The summed E-state index contributed by atoms with van der Waals surface area (Å²) < 4.78 is 2.18. The fourth-order valence-electron chi connectivity index (χ4n) is 4.12. The van der Waals surface area contributed by atoms with E-state index in [4.69, 9.17) is 4.84 Å². The number of rotatable bonds is 0. The van der Waals surface area contributed by atoms with Crippen molar-refractivity contribution in [3.05, 3.63) is 76.6 Å². The number of aromatic nitrogens is 2. The number of aryl methyl sites for hydroxylation is 2. The number of oxime groups is 1. The average Bonchev–Trinajstić information content (AvgIpc) is 3.34. The number of fused-ring (bicyclic) bond motifs is 6. The molecule has 3 aromatic rings. The van der Waals surface area contributed by atoms with Gasteiger partial charge in [-0.15, -0.1) is 0 Å². The Balaban J connectivity index is 0.000000115. The molecule has 2 aromatic carbocycles. The van der Waals surface area contributed by atoms with Crippen LogP contribution in [0, 0.1) is 19.8 Å². The van der Waals surface area contributed by atoms with E-state index in [1.54, 1.807) is 0 Å². The quantitative estimate of drug-likeness (QED) is 0.482. The zero-order valence-corrected chi connectivity index (χ0v) is 15.1. The largest absolute Gasteiger partial charge is 0.395 e. The molecular weight excluding hydrogens is 322 g/mol. The van der Waals surface area contributed by atoms with Crippen LogP contribution in [-0.4, -0.2) is 21.9 Å². The van der Waals surface area contributed by atoms with E-state index in [-0.39, 0.29) is 0 Å². The highest BCUT2D eigenvalue weighted by Crippen LogP contribution is 2.32. The van der Waals surface area contributed by atoms with E-state index >= 15 is 0 Å². The Morgan fingerprint density at radius 2 is 1.77 bits per heavy atom. The van der Waals surface area contributed by atoms with Crippen molar-refractivity contribution < 1.29 is 4.84 Å². The van der Waals surface area contributed by atoms with Crippen LogP contribution >= 0.6 is 0 Å². The van der Waals surface area contributed by atoms with Crippen molar-refractivity contribution in [1.82, 2.24) is 9.55 Å². The van der Waals surface area contributed by atoms with Gasteiger partial charge in [-0.05, 0) is 31.4 Å². The Labute approximate surface area is 153 Å². The molecule has 0 radical (unpaired) electrons. The molecule has 3 aliphatic rings. The third-order valence-corrected chi connectivity index (χ3v) is 5.39. The Hall–Kier alpha value is -2.88. The van der Waals surface area contributed by atoms with E-state index in [1.807, 2.05) is 12.4 Å². The standard InChI is InChI=1S/C11H10N2.C11H11NO/c1-8-2-3-10-9(6-8)7-13-5-4-12-11(10)13;1-7-2-3-10-8(4-7)5-9-6-13-12-11(9)10/h2-6H,7H2,1H3;2-4,9H,5-6H2,1H3. The van der Waals surface area contributed by atoms with E-state index in [2.05, 4.69) is 65.0 Å². The summed E-state index contributed by atoms with van der Waals surface area (Å²) in [6.45, 7) is 6.00. The molecule has 3 heterocycles. The van der Waals surface area contributed by atoms with Gasteiger partial charge in [0.15, 0.2) is 0 Å². The van der Waals surface area contributed by atoms with Crippen LogP contribution in [0.5, 0.6) is 0 Å². The summed E-state index contributed by atoms with van der Waals surface area (Å²) >= 11 is 0. The van der Waals surface area contributed by atoms with E-state index in [9.17, 15) is 0 Å². The Kier molecular flexibility index (Phi) is 3.45. The lowest BCUT2D eigenvalue weighted by Crippen LogP contribution is -2.07. The lowest BCUT2D eigenvalue weighted by Gasteiger charge is -1.99. The molecule has 1 aromatic heterocycles. The summed E-state index contributed by atoms with van der Waals surface area (Å²) in [7, 11) is 0. The number of imidazole rings is 1. The molecule has 1 aliphatic carbocycles. The molecule has 0 N–H and O–H groups in total. The topological polar surface area (TPSA) is 39.4 Å². The third kappa shape index (κ3) is 2.45. The zero-order valence-electron chi connectivity index (χ0n) is 15.1. The van der Waals surface area contributed by atoms with Crippen molar-refractivity contribution in [2.45, 2.75) is 26.8 Å². The fourth-order valence-corrected chi connectivity index (χ4v) is 4.12. The first kappa shape index (κ1) is 15.4. The maximum absolute atomic E-state index is 5.09. The summed E-state index contributed by atoms with van der Waals surface area (Å²) in [4.78, 5) is 9.42. The predicted octanol–water partition coefficient (Wildman–Crippen LogP) is 4.12. The van der Waals surface area contributed by atoms with Gasteiger partial charge in [-0.25, -0.2) is 4.98 Å². The van der Waals surface area contributed by atoms with E-state index in [1.165, 1.54) is 33.4 Å². The lowest BCUT2D eigenvalue weighted by molar-refractivity contribution is 0.154. The van der Waals surface area contributed by atoms with Crippen molar-refractivity contribution in [2.75, 3.05) is 6.61 Å². The number of hydrogen-bond donors (Lipinski definition) is 0. The Bertz CT molecular complexity index is 1030. The first-order valence-corrected chi connectivity index (χ1v) is 9.10. The molecule has 4 heteroatoms. The minimum atomic E-state index is 0.525. The van der Waals surface area contributed by atoms with Crippen LogP contribution in [0.3, 0.4) is 0 Å². The van der Waals surface area contributed by atoms with Crippen LogP contribution in [0.2, 0.25) is 0 Å². The van der Waals surface area contributed by atoms with Crippen molar-refractivity contribution >= 4 is 5.71 Å². The molecule has 26 heavy (non-hydrogen) atoms. The molecule has 0 bridgehead atoms. The maximum Gasteiger partial charge on any atom is 0.140 e. The van der Waals surface area contributed by atoms with Gasteiger partial charge in [0, 0.05) is 36.0 Å². The van der Waals surface area contributed by atoms with E-state index in [0.717, 1.165) is 31.1 Å². The molecule has 1 atom stereocenters. The van der Waals surface area contributed by atoms with Crippen LogP contribution in [0.4, 0.5) is 0 Å².